The number of benzene rings is 2. The van der Waals surface area contributed by atoms with Crippen molar-refractivity contribution in [3.63, 3.8) is 0 Å². The van der Waals surface area contributed by atoms with Crippen LogP contribution in [0.3, 0.4) is 0 Å². The lowest BCUT2D eigenvalue weighted by Gasteiger charge is -2.26. The Balaban J connectivity index is 2.14. The van der Waals surface area contributed by atoms with Gasteiger partial charge in [0.15, 0.2) is 0 Å². The molecule has 3 rings (SSSR count). The fraction of sp³-hybridized carbons (Fsp3) is 0.304. The molecule has 2 aromatic rings. The van der Waals surface area contributed by atoms with Crippen molar-refractivity contribution in [2.45, 2.75) is 13.0 Å². The number of ether oxygens (including phenoxy) is 1. The molecule has 1 saturated heterocycles. The van der Waals surface area contributed by atoms with E-state index in [-0.39, 0.29) is 11.3 Å². The van der Waals surface area contributed by atoms with Crippen molar-refractivity contribution in [3.8, 4) is 5.75 Å². The van der Waals surface area contributed by atoms with Crippen LogP contribution in [-0.4, -0.2) is 60.4 Å². The molecular formula is C23H25BrN2O4. The van der Waals surface area contributed by atoms with Crippen LogP contribution in [0.15, 0.2) is 58.6 Å². The monoisotopic (exact) mass is 472 g/mol. The van der Waals surface area contributed by atoms with Crippen LogP contribution in [0.1, 0.15) is 24.1 Å². The lowest BCUT2D eigenvalue weighted by molar-refractivity contribution is -0.140. The molecule has 0 bridgehead atoms. The number of halogens is 1. The summed E-state index contributed by atoms with van der Waals surface area (Å²) in [4.78, 5) is 29.3. The van der Waals surface area contributed by atoms with Crippen molar-refractivity contribution in [1.29, 1.82) is 0 Å². The summed E-state index contributed by atoms with van der Waals surface area (Å²) in [6.07, 6.45) is 0. The molecule has 1 unspecified atom stereocenters. The Labute approximate surface area is 184 Å². The van der Waals surface area contributed by atoms with Gasteiger partial charge in [0, 0.05) is 23.1 Å². The standard InChI is InChI=1S/C23H25BrN2O4/c1-4-30-18-7-5-6-16(14-18)20-19(21(27)15-8-10-17(24)11-9-15)22(28)23(29)26(20)13-12-25(2)3/h5-11,14,20,27H,4,12-13H2,1-3H3/b21-19-. The first-order valence-corrected chi connectivity index (χ1v) is 10.5. The van der Waals surface area contributed by atoms with Crippen molar-refractivity contribution in [2.24, 2.45) is 0 Å². The van der Waals surface area contributed by atoms with Gasteiger partial charge in [-0.2, -0.15) is 0 Å². The molecule has 158 valence electrons. The highest BCUT2D eigenvalue weighted by Crippen LogP contribution is 2.40. The second-order valence-corrected chi connectivity index (χ2v) is 8.22. The van der Waals surface area contributed by atoms with Crippen molar-refractivity contribution in [3.05, 3.63) is 69.7 Å². The number of ketones is 1. The van der Waals surface area contributed by atoms with Crippen LogP contribution < -0.4 is 4.74 Å². The van der Waals surface area contributed by atoms with E-state index in [1.54, 1.807) is 24.3 Å². The van der Waals surface area contributed by atoms with Gasteiger partial charge in [0.2, 0.25) is 0 Å². The number of rotatable bonds is 7. The Kier molecular flexibility index (Phi) is 6.95. The first-order chi connectivity index (χ1) is 14.3. The van der Waals surface area contributed by atoms with E-state index in [9.17, 15) is 14.7 Å². The topological polar surface area (TPSA) is 70.1 Å². The predicted molar refractivity (Wildman–Crippen MR) is 119 cm³/mol. The maximum absolute atomic E-state index is 13.0. The third kappa shape index (κ3) is 4.57. The molecule has 0 saturated carbocycles. The normalized spacial score (nSPS) is 18.3. The van der Waals surface area contributed by atoms with Gasteiger partial charge < -0.3 is 19.6 Å². The number of aliphatic hydroxyl groups excluding tert-OH is 1. The zero-order valence-electron chi connectivity index (χ0n) is 17.3. The third-order valence-corrected chi connectivity index (χ3v) is 5.46. The van der Waals surface area contributed by atoms with E-state index in [1.807, 2.05) is 50.2 Å². The summed E-state index contributed by atoms with van der Waals surface area (Å²) in [5.41, 5.74) is 1.29. The Bertz CT molecular complexity index is 969. The quantitative estimate of drug-likeness (QED) is 0.376. The number of amides is 1. The zero-order chi connectivity index (χ0) is 21.8. The molecule has 30 heavy (non-hydrogen) atoms. The number of likely N-dealkylation sites (N-methyl/N-ethyl adjacent to an activating group) is 1. The number of aliphatic hydroxyl groups is 1. The minimum atomic E-state index is -0.686. The Hall–Kier alpha value is -2.64. The van der Waals surface area contributed by atoms with Gasteiger partial charge in [0.1, 0.15) is 11.5 Å². The molecule has 1 N–H and O–H groups in total. The summed E-state index contributed by atoms with van der Waals surface area (Å²) in [5, 5.41) is 11.0. The van der Waals surface area contributed by atoms with Crippen molar-refractivity contribution >= 4 is 33.4 Å². The molecular weight excluding hydrogens is 448 g/mol. The SMILES string of the molecule is CCOc1cccc(C2/C(=C(/O)c3ccc(Br)cc3)C(=O)C(=O)N2CCN(C)C)c1. The predicted octanol–water partition coefficient (Wildman–Crippen LogP) is 3.83. The van der Waals surface area contributed by atoms with Crippen LogP contribution in [0.25, 0.3) is 5.76 Å². The number of hydrogen-bond acceptors (Lipinski definition) is 5. The molecule has 0 aromatic heterocycles. The van der Waals surface area contributed by atoms with Gasteiger partial charge >= 0.3 is 0 Å². The first kappa shape index (κ1) is 22.1. The van der Waals surface area contributed by atoms with Crippen molar-refractivity contribution in [2.75, 3.05) is 33.8 Å². The number of hydrogen-bond donors (Lipinski definition) is 1. The second kappa shape index (κ2) is 9.45. The molecule has 0 radical (unpaired) electrons. The van der Waals surface area contributed by atoms with Gasteiger partial charge in [-0.05, 0) is 50.8 Å². The van der Waals surface area contributed by atoms with Crippen LogP contribution in [0.4, 0.5) is 0 Å². The molecule has 0 spiro atoms. The number of likely N-dealkylation sites (tertiary alicyclic amines) is 1. The summed E-state index contributed by atoms with van der Waals surface area (Å²) in [6.45, 7) is 3.34. The lowest BCUT2D eigenvalue weighted by atomic mass is 9.95. The van der Waals surface area contributed by atoms with Gasteiger partial charge in [-0.3, -0.25) is 9.59 Å². The highest BCUT2D eigenvalue weighted by Gasteiger charge is 2.46. The molecule has 2 aromatic carbocycles. The summed E-state index contributed by atoms with van der Waals surface area (Å²) < 4.78 is 6.46. The first-order valence-electron chi connectivity index (χ1n) is 9.75. The maximum Gasteiger partial charge on any atom is 0.295 e. The van der Waals surface area contributed by atoms with Gasteiger partial charge in [-0.15, -0.1) is 0 Å². The number of carbonyl (C=O) groups excluding carboxylic acids is 2. The molecule has 0 aliphatic carbocycles. The van der Waals surface area contributed by atoms with E-state index in [1.165, 1.54) is 4.90 Å². The minimum Gasteiger partial charge on any atom is -0.507 e. The number of nitrogens with zero attached hydrogens (tertiary/aromatic N) is 2. The maximum atomic E-state index is 13.0. The second-order valence-electron chi connectivity index (χ2n) is 7.31. The van der Waals surface area contributed by atoms with Crippen molar-refractivity contribution < 1.29 is 19.4 Å². The zero-order valence-corrected chi connectivity index (χ0v) is 18.8. The molecule has 7 heteroatoms. The minimum absolute atomic E-state index is 0.0923. The number of Topliss-reactive ketones (excluding diaryl/α,β-unsaturated/α-hetero) is 1. The highest BCUT2D eigenvalue weighted by atomic mass is 79.9. The van der Waals surface area contributed by atoms with E-state index in [4.69, 9.17) is 4.74 Å². The summed E-state index contributed by atoms with van der Waals surface area (Å²) >= 11 is 3.37. The van der Waals surface area contributed by atoms with E-state index in [0.717, 1.165) is 10.0 Å². The highest BCUT2D eigenvalue weighted by molar-refractivity contribution is 9.10. The van der Waals surface area contributed by atoms with Gasteiger partial charge in [0.25, 0.3) is 11.7 Å². The van der Waals surface area contributed by atoms with Gasteiger partial charge in [-0.25, -0.2) is 0 Å². The van der Waals surface area contributed by atoms with Crippen molar-refractivity contribution in [1.82, 2.24) is 9.80 Å². The fourth-order valence-electron chi connectivity index (χ4n) is 3.47. The molecule has 1 fully saturated rings. The van der Waals surface area contributed by atoms with E-state index in [0.29, 0.717) is 31.0 Å². The third-order valence-electron chi connectivity index (χ3n) is 4.93. The summed E-state index contributed by atoms with van der Waals surface area (Å²) in [7, 11) is 3.81. The Morgan fingerprint density at radius 3 is 2.50 bits per heavy atom. The fourth-order valence-corrected chi connectivity index (χ4v) is 3.73. The van der Waals surface area contributed by atoms with E-state index < -0.39 is 17.7 Å². The smallest absolute Gasteiger partial charge is 0.295 e. The Morgan fingerprint density at radius 2 is 1.87 bits per heavy atom. The van der Waals surface area contributed by atoms with Crippen LogP contribution in [0.5, 0.6) is 5.75 Å². The summed E-state index contributed by atoms with van der Waals surface area (Å²) in [6, 6.07) is 13.6. The van der Waals surface area contributed by atoms with E-state index >= 15 is 0 Å². The lowest BCUT2D eigenvalue weighted by Crippen LogP contribution is -2.35. The van der Waals surface area contributed by atoms with Crippen LogP contribution >= 0.6 is 15.9 Å². The van der Waals surface area contributed by atoms with Gasteiger partial charge in [0.05, 0.1) is 18.2 Å². The summed E-state index contributed by atoms with van der Waals surface area (Å²) in [5.74, 6) is -0.819. The van der Waals surface area contributed by atoms with Crippen LogP contribution in [0, 0.1) is 0 Å². The van der Waals surface area contributed by atoms with Gasteiger partial charge in [-0.1, -0.05) is 40.2 Å². The largest absolute Gasteiger partial charge is 0.507 e. The van der Waals surface area contributed by atoms with Crippen LogP contribution in [0.2, 0.25) is 0 Å². The Morgan fingerprint density at radius 1 is 1.17 bits per heavy atom. The molecule has 1 atom stereocenters. The molecule has 1 heterocycles. The molecule has 1 amide bonds. The molecule has 1 aliphatic rings. The average molecular weight is 473 g/mol. The molecule has 1 aliphatic heterocycles. The molecule has 6 nitrogen and oxygen atoms in total. The number of carbonyl (C=O) groups is 2. The van der Waals surface area contributed by atoms with Crippen LogP contribution in [-0.2, 0) is 9.59 Å². The van der Waals surface area contributed by atoms with E-state index in [2.05, 4.69) is 15.9 Å². The average Bonchev–Trinajstić information content (AvgIpc) is 2.97.